The molecule has 1 aliphatic heterocycles. The molecule has 1 saturated heterocycles. The third-order valence-corrected chi connectivity index (χ3v) is 4.14. The number of benzene rings is 1. The van der Waals surface area contributed by atoms with Crippen LogP contribution in [0.25, 0.3) is 0 Å². The fourth-order valence-corrected chi connectivity index (χ4v) is 2.61. The number of hydrogen-bond acceptors (Lipinski definition) is 5. The van der Waals surface area contributed by atoms with Gasteiger partial charge < -0.3 is 14.4 Å². The van der Waals surface area contributed by atoms with E-state index in [0.717, 1.165) is 38.0 Å². The molecule has 0 N–H and O–H groups in total. The highest BCUT2D eigenvalue weighted by Gasteiger charge is 2.22. The van der Waals surface area contributed by atoms with Gasteiger partial charge in [-0.1, -0.05) is 25.5 Å². The van der Waals surface area contributed by atoms with Crippen LogP contribution in [-0.2, 0) is 16.0 Å². The van der Waals surface area contributed by atoms with Gasteiger partial charge in [0, 0.05) is 32.7 Å². The normalized spacial score (nSPS) is 15.2. The molecule has 0 radical (unpaired) electrons. The van der Waals surface area contributed by atoms with Crippen LogP contribution in [0, 0.1) is 0 Å². The average molecular weight is 334 g/mol. The first-order valence-corrected chi connectivity index (χ1v) is 8.45. The summed E-state index contributed by atoms with van der Waals surface area (Å²) in [6.45, 7) is 6.40. The average Bonchev–Trinajstić information content (AvgIpc) is 2.62. The second-order valence-electron chi connectivity index (χ2n) is 5.92. The second-order valence-corrected chi connectivity index (χ2v) is 5.92. The van der Waals surface area contributed by atoms with E-state index in [1.54, 1.807) is 17.0 Å². The zero-order valence-electron chi connectivity index (χ0n) is 14.5. The number of hydrogen-bond donors (Lipinski definition) is 0. The molecule has 6 nitrogen and oxygen atoms in total. The minimum atomic E-state index is -0.322. The Balaban J connectivity index is 1.76. The minimum absolute atomic E-state index is 0.203. The molecule has 0 unspecified atom stereocenters. The number of unbranched alkanes of at least 4 members (excludes halogenated alkanes) is 1. The number of esters is 1. The largest absolute Gasteiger partial charge is 0.465 e. The zero-order valence-corrected chi connectivity index (χ0v) is 14.5. The van der Waals surface area contributed by atoms with Crippen molar-refractivity contribution in [2.24, 2.45) is 0 Å². The van der Waals surface area contributed by atoms with Gasteiger partial charge in [-0.25, -0.2) is 9.59 Å². The first-order valence-electron chi connectivity index (χ1n) is 8.45. The van der Waals surface area contributed by atoms with Crippen molar-refractivity contribution in [2.75, 3.05) is 39.9 Å². The van der Waals surface area contributed by atoms with Gasteiger partial charge in [0.2, 0.25) is 0 Å². The van der Waals surface area contributed by atoms with Crippen LogP contribution < -0.4 is 0 Å². The molecule has 1 aliphatic rings. The summed E-state index contributed by atoms with van der Waals surface area (Å²) in [7, 11) is 1.38. The summed E-state index contributed by atoms with van der Waals surface area (Å²) in [5, 5.41) is 0. The Morgan fingerprint density at radius 2 is 1.75 bits per heavy atom. The Labute approximate surface area is 143 Å². The molecule has 132 valence electrons. The van der Waals surface area contributed by atoms with E-state index in [9.17, 15) is 9.59 Å². The van der Waals surface area contributed by atoms with E-state index in [0.29, 0.717) is 25.3 Å². The van der Waals surface area contributed by atoms with Crippen molar-refractivity contribution in [3.8, 4) is 0 Å². The van der Waals surface area contributed by atoms with Crippen LogP contribution >= 0.6 is 0 Å². The van der Waals surface area contributed by atoms with Gasteiger partial charge in [-0.05, 0) is 24.1 Å². The quantitative estimate of drug-likeness (QED) is 0.591. The topological polar surface area (TPSA) is 59.1 Å². The van der Waals surface area contributed by atoms with Crippen molar-refractivity contribution in [1.29, 1.82) is 0 Å². The number of piperazine rings is 1. The molecular weight excluding hydrogens is 308 g/mol. The van der Waals surface area contributed by atoms with E-state index in [1.165, 1.54) is 7.11 Å². The van der Waals surface area contributed by atoms with Crippen LogP contribution in [0.5, 0.6) is 0 Å². The zero-order chi connectivity index (χ0) is 17.4. The van der Waals surface area contributed by atoms with Crippen LogP contribution in [-0.4, -0.2) is 61.8 Å². The molecular formula is C18H26N2O4. The van der Waals surface area contributed by atoms with Crippen LogP contribution in [0.3, 0.4) is 0 Å². The summed E-state index contributed by atoms with van der Waals surface area (Å²) >= 11 is 0. The highest BCUT2D eigenvalue weighted by atomic mass is 16.6. The van der Waals surface area contributed by atoms with Gasteiger partial charge in [-0.2, -0.15) is 0 Å². The number of ether oxygens (including phenoxy) is 2. The molecule has 1 heterocycles. The van der Waals surface area contributed by atoms with E-state index >= 15 is 0 Å². The summed E-state index contributed by atoms with van der Waals surface area (Å²) in [5.74, 6) is -0.322. The third kappa shape index (κ3) is 5.23. The first kappa shape index (κ1) is 18.3. The molecule has 0 saturated carbocycles. The monoisotopic (exact) mass is 334 g/mol. The molecule has 1 amide bonds. The summed E-state index contributed by atoms with van der Waals surface area (Å²) < 4.78 is 9.94. The van der Waals surface area contributed by atoms with Gasteiger partial charge >= 0.3 is 12.1 Å². The van der Waals surface area contributed by atoms with Crippen LogP contribution in [0.1, 0.15) is 35.7 Å². The maximum Gasteiger partial charge on any atom is 0.409 e. The molecule has 1 aromatic rings. The number of methoxy groups -OCH3 is 1. The highest BCUT2D eigenvalue weighted by Crippen LogP contribution is 2.11. The van der Waals surface area contributed by atoms with Crippen molar-refractivity contribution in [3.05, 3.63) is 35.4 Å². The molecule has 6 heteroatoms. The standard InChI is InChI=1S/C18H26N2O4/c1-3-4-13-24-18(22)20-11-9-19(10-12-20)14-15-5-7-16(8-6-15)17(21)23-2/h5-8H,3-4,9-14H2,1-2H3. The number of amides is 1. The third-order valence-electron chi connectivity index (χ3n) is 4.14. The maximum atomic E-state index is 11.9. The summed E-state index contributed by atoms with van der Waals surface area (Å²) in [4.78, 5) is 27.4. The minimum Gasteiger partial charge on any atom is -0.465 e. The Hall–Kier alpha value is -2.08. The van der Waals surface area contributed by atoms with Crippen molar-refractivity contribution >= 4 is 12.1 Å². The predicted octanol–water partition coefficient (Wildman–Crippen LogP) is 2.53. The number of carbonyl (C=O) groups is 2. The molecule has 24 heavy (non-hydrogen) atoms. The van der Waals surface area contributed by atoms with Gasteiger partial charge in [0.05, 0.1) is 19.3 Å². The van der Waals surface area contributed by atoms with Crippen molar-refractivity contribution in [3.63, 3.8) is 0 Å². The molecule has 0 aromatic heterocycles. The Bertz CT molecular complexity index is 536. The smallest absolute Gasteiger partial charge is 0.409 e. The molecule has 1 aromatic carbocycles. The fraction of sp³-hybridized carbons (Fsp3) is 0.556. The van der Waals surface area contributed by atoms with Gasteiger partial charge in [0.1, 0.15) is 0 Å². The molecule has 0 bridgehead atoms. The van der Waals surface area contributed by atoms with Crippen LogP contribution in [0.2, 0.25) is 0 Å². The molecule has 0 spiro atoms. The summed E-state index contributed by atoms with van der Waals surface area (Å²) in [6, 6.07) is 7.44. The van der Waals surface area contributed by atoms with Gasteiger partial charge in [-0.15, -0.1) is 0 Å². The van der Waals surface area contributed by atoms with Crippen LogP contribution in [0.15, 0.2) is 24.3 Å². The molecule has 1 fully saturated rings. The number of rotatable bonds is 6. The Morgan fingerprint density at radius 1 is 1.08 bits per heavy atom. The fourth-order valence-electron chi connectivity index (χ4n) is 2.61. The Kier molecular flexibility index (Phi) is 7.06. The van der Waals surface area contributed by atoms with Crippen molar-refractivity contribution < 1.29 is 19.1 Å². The van der Waals surface area contributed by atoms with Gasteiger partial charge in [-0.3, -0.25) is 4.90 Å². The molecule has 2 rings (SSSR count). The molecule has 0 atom stereocenters. The lowest BCUT2D eigenvalue weighted by Crippen LogP contribution is -2.48. The SMILES string of the molecule is CCCCOC(=O)N1CCN(Cc2ccc(C(=O)OC)cc2)CC1. The maximum absolute atomic E-state index is 11.9. The predicted molar refractivity (Wildman–Crippen MR) is 90.9 cm³/mol. The van der Waals surface area contributed by atoms with E-state index < -0.39 is 0 Å². The van der Waals surface area contributed by atoms with Gasteiger partial charge in [0.15, 0.2) is 0 Å². The number of nitrogens with zero attached hydrogens (tertiary/aromatic N) is 2. The summed E-state index contributed by atoms with van der Waals surface area (Å²) in [6.07, 6.45) is 1.73. The van der Waals surface area contributed by atoms with Crippen molar-refractivity contribution in [1.82, 2.24) is 9.80 Å². The van der Waals surface area contributed by atoms with E-state index in [4.69, 9.17) is 9.47 Å². The lowest BCUT2D eigenvalue weighted by molar-refractivity contribution is 0.0600. The molecule has 0 aliphatic carbocycles. The first-order chi connectivity index (χ1) is 11.6. The van der Waals surface area contributed by atoms with E-state index in [2.05, 4.69) is 11.8 Å². The Morgan fingerprint density at radius 3 is 2.33 bits per heavy atom. The van der Waals surface area contributed by atoms with E-state index in [-0.39, 0.29) is 12.1 Å². The summed E-state index contributed by atoms with van der Waals surface area (Å²) in [5.41, 5.74) is 1.70. The van der Waals surface area contributed by atoms with Crippen LogP contribution in [0.4, 0.5) is 4.79 Å². The lowest BCUT2D eigenvalue weighted by atomic mass is 10.1. The number of carbonyl (C=O) groups excluding carboxylic acids is 2. The van der Waals surface area contributed by atoms with E-state index in [1.807, 2.05) is 12.1 Å². The second kappa shape index (κ2) is 9.27. The van der Waals surface area contributed by atoms with Crippen molar-refractivity contribution in [2.45, 2.75) is 26.3 Å². The lowest BCUT2D eigenvalue weighted by Gasteiger charge is -2.34. The van der Waals surface area contributed by atoms with Gasteiger partial charge in [0.25, 0.3) is 0 Å². The highest BCUT2D eigenvalue weighted by molar-refractivity contribution is 5.89.